The summed E-state index contributed by atoms with van der Waals surface area (Å²) in [4.78, 5) is 4.64. The molecule has 1 saturated heterocycles. The molecule has 0 amide bonds. The molecule has 0 aliphatic carbocycles. The highest BCUT2D eigenvalue weighted by atomic mass is 127. The number of halogens is 1. The third kappa shape index (κ3) is 7.44. The Morgan fingerprint density at radius 3 is 2.95 bits per heavy atom. The second kappa shape index (κ2) is 11.2. The van der Waals surface area contributed by atoms with Crippen LogP contribution < -0.4 is 10.6 Å². The summed E-state index contributed by atoms with van der Waals surface area (Å²) in [5, 5.41) is 11.0. The minimum Gasteiger partial charge on any atom is -0.383 e. The Morgan fingerprint density at radius 1 is 1.48 bits per heavy atom. The van der Waals surface area contributed by atoms with Gasteiger partial charge in [-0.15, -0.1) is 24.0 Å². The van der Waals surface area contributed by atoms with Crippen LogP contribution in [0.15, 0.2) is 21.8 Å². The number of guanidine groups is 1. The van der Waals surface area contributed by atoms with Gasteiger partial charge in [-0.05, 0) is 35.2 Å². The lowest BCUT2D eigenvalue weighted by molar-refractivity contribution is 0.0821. The monoisotopic (exact) mass is 425 g/mol. The fraction of sp³-hybridized carbons (Fsp3) is 0.643. The first-order valence-electron chi connectivity index (χ1n) is 7.01. The van der Waals surface area contributed by atoms with Gasteiger partial charge in [0, 0.05) is 32.9 Å². The average Bonchev–Trinajstić information content (AvgIpc) is 2.99. The number of nitrogens with zero attached hydrogens (tertiary/aromatic N) is 1. The molecule has 0 aromatic carbocycles. The molecular formula is C14H24IN3O2S. The molecular weight excluding hydrogens is 401 g/mol. The number of hydrogen-bond donors (Lipinski definition) is 2. The molecule has 1 aromatic heterocycles. The summed E-state index contributed by atoms with van der Waals surface area (Å²) in [6.45, 7) is 3.79. The van der Waals surface area contributed by atoms with E-state index in [-0.39, 0.29) is 24.0 Å². The molecule has 0 spiro atoms. The van der Waals surface area contributed by atoms with Gasteiger partial charge in [-0.2, -0.15) is 11.3 Å². The second-order valence-electron chi connectivity index (χ2n) is 4.75. The molecule has 1 aromatic rings. The number of ether oxygens (including phenoxy) is 2. The van der Waals surface area contributed by atoms with Crippen LogP contribution >= 0.6 is 35.3 Å². The van der Waals surface area contributed by atoms with Crippen LogP contribution in [0.25, 0.3) is 0 Å². The maximum atomic E-state index is 5.38. The maximum absolute atomic E-state index is 5.38. The molecule has 1 aliphatic rings. The number of aliphatic imine (C=N–C) groups is 1. The molecule has 0 bridgehead atoms. The van der Waals surface area contributed by atoms with Crippen molar-refractivity contribution in [2.75, 3.05) is 33.5 Å². The fourth-order valence-electron chi connectivity index (χ4n) is 2.01. The Bertz CT molecular complexity index is 395. The lowest BCUT2D eigenvalue weighted by Gasteiger charge is -2.25. The predicted octanol–water partition coefficient (Wildman–Crippen LogP) is 2.23. The second-order valence-corrected chi connectivity index (χ2v) is 5.53. The van der Waals surface area contributed by atoms with Crippen LogP contribution in [-0.2, 0) is 16.0 Å². The van der Waals surface area contributed by atoms with E-state index >= 15 is 0 Å². The van der Waals surface area contributed by atoms with Gasteiger partial charge in [0.2, 0.25) is 0 Å². The first-order chi connectivity index (χ1) is 9.88. The molecule has 2 N–H and O–H groups in total. The van der Waals surface area contributed by atoms with Crippen LogP contribution in [0.4, 0.5) is 0 Å². The molecule has 7 heteroatoms. The van der Waals surface area contributed by atoms with Crippen LogP contribution in [-0.4, -0.2) is 45.5 Å². The first-order valence-corrected chi connectivity index (χ1v) is 7.95. The molecule has 0 atom stereocenters. The number of methoxy groups -OCH3 is 1. The molecule has 2 heterocycles. The van der Waals surface area contributed by atoms with Crippen molar-refractivity contribution in [1.29, 1.82) is 0 Å². The predicted molar refractivity (Wildman–Crippen MR) is 97.7 cm³/mol. The number of hydrogen-bond acceptors (Lipinski definition) is 4. The zero-order valence-electron chi connectivity index (χ0n) is 12.3. The van der Waals surface area contributed by atoms with E-state index in [9.17, 15) is 0 Å². The summed E-state index contributed by atoms with van der Waals surface area (Å²) in [5.74, 6) is 0.861. The van der Waals surface area contributed by atoms with Crippen LogP contribution in [0.3, 0.4) is 0 Å². The van der Waals surface area contributed by atoms with E-state index in [1.54, 1.807) is 18.4 Å². The van der Waals surface area contributed by atoms with Gasteiger partial charge in [0.1, 0.15) is 0 Å². The minimum absolute atomic E-state index is 0. The van der Waals surface area contributed by atoms with E-state index in [0.717, 1.165) is 38.6 Å². The lowest BCUT2D eigenvalue weighted by Crippen LogP contribution is -2.46. The lowest BCUT2D eigenvalue weighted by atomic mass is 10.1. The van der Waals surface area contributed by atoms with Gasteiger partial charge < -0.3 is 20.1 Å². The molecule has 5 nitrogen and oxygen atoms in total. The molecule has 1 fully saturated rings. The summed E-state index contributed by atoms with van der Waals surface area (Å²) < 4.78 is 10.4. The maximum Gasteiger partial charge on any atom is 0.191 e. The molecule has 0 saturated carbocycles. The first kappa shape index (κ1) is 18.7. The van der Waals surface area contributed by atoms with Crippen molar-refractivity contribution in [2.45, 2.75) is 25.4 Å². The van der Waals surface area contributed by atoms with Crippen molar-refractivity contribution in [2.24, 2.45) is 4.99 Å². The zero-order valence-corrected chi connectivity index (χ0v) is 15.5. The number of nitrogens with one attached hydrogen (secondary N) is 2. The summed E-state index contributed by atoms with van der Waals surface area (Å²) in [7, 11) is 1.70. The molecule has 0 radical (unpaired) electrons. The van der Waals surface area contributed by atoms with E-state index in [2.05, 4.69) is 32.5 Å². The van der Waals surface area contributed by atoms with Crippen LogP contribution in [0.1, 0.15) is 18.4 Å². The summed E-state index contributed by atoms with van der Waals surface area (Å²) in [6, 6.07) is 2.55. The van der Waals surface area contributed by atoms with E-state index in [1.165, 1.54) is 5.56 Å². The standard InChI is InChI=1S/C14H23N3O2S.HI/c1-18-8-5-15-14(16-10-12-4-9-20-11-12)17-13-2-6-19-7-3-13;/h4,9,11,13H,2-3,5-8,10H2,1H3,(H2,15,16,17);1H. The molecule has 0 unspecified atom stereocenters. The van der Waals surface area contributed by atoms with Gasteiger partial charge in [0.15, 0.2) is 5.96 Å². The van der Waals surface area contributed by atoms with Gasteiger partial charge >= 0.3 is 0 Å². The van der Waals surface area contributed by atoms with Crippen LogP contribution in [0.5, 0.6) is 0 Å². The van der Waals surface area contributed by atoms with E-state index in [4.69, 9.17) is 9.47 Å². The van der Waals surface area contributed by atoms with Crippen molar-refractivity contribution in [3.05, 3.63) is 22.4 Å². The summed E-state index contributed by atoms with van der Waals surface area (Å²) in [5.41, 5.74) is 1.25. The Labute approximate surface area is 147 Å². The number of thiophene rings is 1. The molecule has 1 aliphatic heterocycles. The van der Waals surface area contributed by atoms with Crippen LogP contribution in [0, 0.1) is 0 Å². The average molecular weight is 425 g/mol. The summed E-state index contributed by atoms with van der Waals surface area (Å²) >= 11 is 1.70. The zero-order chi connectivity index (χ0) is 14.0. The van der Waals surface area contributed by atoms with Crippen molar-refractivity contribution >= 4 is 41.3 Å². The highest BCUT2D eigenvalue weighted by Gasteiger charge is 2.14. The quantitative estimate of drug-likeness (QED) is 0.318. The van der Waals surface area contributed by atoms with E-state index < -0.39 is 0 Å². The molecule has 21 heavy (non-hydrogen) atoms. The normalized spacial score (nSPS) is 16.3. The summed E-state index contributed by atoms with van der Waals surface area (Å²) in [6.07, 6.45) is 2.06. The Balaban J connectivity index is 0.00000220. The third-order valence-electron chi connectivity index (χ3n) is 3.16. The van der Waals surface area contributed by atoms with Gasteiger partial charge in [-0.3, -0.25) is 0 Å². The minimum atomic E-state index is 0. The van der Waals surface area contributed by atoms with E-state index in [0.29, 0.717) is 19.2 Å². The highest BCUT2D eigenvalue weighted by molar-refractivity contribution is 14.0. The third-order valence-corrected chi connectivity index (χ3v) is 3.89. The topological polar surface area (TPSA) is 54.9 Å². The molecule has 2 rings (SSSR count). The fourth-order valence-corrected chi connectivity index (χ4v) is 2.67. The van der Waals surface area contributed by atoms with Crippen molar-refractivity contribution in [1.82, 2.24) is 10.6 Å². The van der Waals surface area contributed by atoms with Gasteiger partial charge in [-0.25, -0.2) is 4.99 Å². The Morgan fingerprint density at radius 2 is 2.29 bits per heavy atom. The molecule has 120 valence electrons. The Hall–Kier alpha value is -0.380. The largest absolute Gasteiger partial charge is 0.383 e. The van der Waals surface area contributed by atoms with E-state index in [1.807, 2.05) is 0 Å². The smallest absolute Gasteiger partial charge is 0.191 e. The van der Waals surface area contributed by atoms with Gasteiger partial charge in [0.25, 0.3) is 0 Å². The Kier molecular flexibility index (Phi) is 9.98. The van der Waals surface area contributed by atoms with Crippen molar-refractivity contribution in [3.63, 3.8) is 0 Å². The number of rotatable bonds is 6. The van der Waals surface area contributed by atoms with Crippen LogP contribution in [0.2, 0.25) is 0 Å². The highest BCUT2D eigenvalue weighted by Crippen LogP contribution is 2.08. The van der Waals surface area contributed by atoms with Crippen molar-refractivity contribution in [3.8, 4) is 0 Å². The SMILES string of the molecule is COCCNC(=NCc1ccsc1)NC1CCOCC1.I. The van der Waals surface area contributed by atoms with Gasteiger partial charge in [-0.1, -0.05) is 0 Å². The van der Waals surface area contributed by atoms with Gasteiger partial charge in [0.05, 0.1) is 13.2 Å². The van der Waals surface area contributed by atoms with Crippen molar-refractivity contribution < 1.29 is 9.47 Å².